The number of hydrogen-bond donors (Lipinski definition) is 2. The number of likely N-dealkylation sites (N-methyl/N-ethyl adjacent to an activating group) is 1. The Kier molecular flexibility index (Phi) is 8.19. The average molecular weight is 369 g/mol. The molecule has 19 heavy (non-hydrogen) atoms. The van der Waals surface area contributed by atoms with Gasteiger partial charge in [0.05, 0.1) is 0 Å². The van der Waals surface area contributed by atoms with Crippen molar-refractivity contribution in [2.24, 2.45) is 5.73 Å². The summed E-state index contributed by atoms with van der Waals surface area (Å²) in [5.74, 6) is -0.306. The van der Waals surface area contributed by atoms with Crippen LogP contribution in [0.25, 0.3) is 0 Å². The van der Waals surface area contributed by atoms with Crippen LogP contribution in [0.15, 0.2) is 0 Å². The number of unbranched alkanes of at least 4 members (excludes halogenated alkanes) is 2. The molecule has 0 aliphatic carbocycles. The van der Waals surface area contributed by atoms with Crippen molar-refractivity contribution in [2.45, 2.75) is 19.3 Å². The lowest BCUT2D eigenvalue weighted by molar-refractivity contribution is -0.142. The molecule has 0 unspecified atom stereocenters. The Bertz CT molecular complexity index is 392. The van der Waals surface area contributed by atoms with Gasteiger partial charge in [-0.1, -0.05) is 18.2 Å². The molecule has 1 fully saturated rings. The molecular formula is C10H17BrN4O2S2. The molecule has 108 valence electrons. The lowest BCUT2D eigenvalue weighted by Gasteiger charge is -2.15. The van der Waals surface area contributed by atoms with Gasteiger partial charge < -0.3 is 5.73 Å². The van der Waals surface area contributed by atoms with Gasteiger partial charge in [0, 0.05) is 19.3 Å². The summed E-state index contributed by atoms with van der Waals surface area (Å²) in [7, 11) is 1.51. The maximum Gasteiger partial charge on any atom is 0.318 e. The van der Waals surface area contributed by atoms with Gasteiger partial charge in [-0.2, -0.15) is 0 Å². The molecule has 0 aromatic heterocycles. The fraction of sp³-hybridized carbons (Fsp3) is 0.600. The molecule has 0 radical (unpaired) electrons. The van der Waals surface area contributed by atoms with Gasteiger partial charge in [-0.05, 0) is 25.1 Å². The first-order chi connectivity index (χ1) is 8.45. The monoisotopic (exact) mass is 368 g/mol. The minimum Gasteiger partial charge on any atom is -0.379 e. The largest absolute Gasteiger partial charge is 0.379 e. The quantitative estimate of drug-likeness (QED) is 0.239. The van der Waals surface area contributed by atoms with E-state index >= 15 is 0 Å². The summed E-state index contributed by atoms with van der Waals surface area (Å²) in [4.78, 5) is 25.4. The van der Waals surface area contributed by atoms with Gasteiger partial charge in [-0.15, -0.1) is 17.0 Å². The maximum atomic E-state index is 11.5. The molecule has 0 spiro atoms. The van der Waals surface area contributed by atoms with Gasteiger partial charge in [0.1, 0.15) is 0 Å². The summed E-state index contributed by atoms with van der Waals surface area (Å²) in [6.07, 6.45) is 2.61. The third-order valence-corrected chi connectivity index (χ3v) is 3.83. The molecule has 2 amide bonds. The number of hydrogen-bond acceptors (Lipinski definition) is 5. The molecule has 0 aromatic carbocycles. The predicted molar refractivity (Wildman–Crippen MR) is 85.6 cm³/mol. The highest BCUT2D eigenvalue weighted by Crippen LogP contribution is 2.12. The van der Waals surface area contributed by atoms with Crippen LogP contribution in [0.5, 0.6) is 0 Å². The smallest absolute Gasteiger partial charge is 0.318 e. The van der Waals surface area contributed by atoms with E-state index in [9.17, 15) is 9.59 Å². The van der Waals surface area contributed by atoms with E-state index < -0.39 is 11.8 Å². The Labute approximate surface area is 132 Å². The number of amides is 2. The van der Waals surface area contributed by atoms with Crippen LogP contribution in [0, 0.1) is 5.41 Å². The number of halogens is 1. The highest BCUT2D eigenvalue weighted by atomic mass is 79.9. The maximum absolute atomic E-state index is 11.5. The SMILES string of the molecule is Br.CN1C(=O)C(=O)N(CCCCCSC(=N)N)C1=S. The van der Waals surface area contributed by atoms with Gasteiger partial charge in [-0.25, -0.2) is 0 Å². The first-order valence-corrected chi connectivity index (χ1v) is 6.95. The Morgan fingerprint density at radius 3 is 2.42 bits per heavy atom. The minimum absolute atomic E-state index is 0. The van der Waals surface area contributed by atoms with Crippen LogP contribution in [0.1, 0.15) is 19.3 Å². The van der Waals surface area contributed by atoms with Gasteiger partial charge in [-0.3, -0.25) is 24.8 Å². The van der Waals surface area contributed by atoms with Crippen LogP contribution in [0.2, 0.25) is 0 Å². The standard InChI is InChI=1S/C10H16N4O2S2.BrH/c1-13-7(15)8(16)14(10(13)17)5-3-2-4-6-18-9(11)12;/h2-6H2,1H3,(H3,11,12);1H. The van der Waals surface area contributed by atoms with Crippen molar-refractivity contribution >= 4 is 63.1 Å². The molecule has 0 aromatic rings. The number of nitrogens with one attached hydrogen (secondary N) is 1. The fourth-order valence-corrected chi connectivity index (χ4v) is 2.37. The van der Waals surface area contributed by atoms with Crippen molar-refractivity contribution in [2.75, 3.05) is 19.3 Å². The first-order valence-electron chi connectivity index (χ1n) is 5.55. The molecule has 0 bridgehead atoms. The number of thiocarbonyl (C=S) groups is 1. The first kappa shape index (κ1) is 18.3. The van der Waals surface area contributed by atoms with Crippen molar-refractivity contribution in [3.63, 3.8) is 0 Å². The second-order valence-electron chi connectivity index (χ2n) is 3.88. The molecule has 9 heteroatoms. The second kappa shape index (κ2) is 8.49. The number of carbonyl (C=O) groups excluding carboxylic acids is 2. The van der Waals surface area contributed by atoms with Crippen LogP contribution < -0.4 is 5.73 Å². The molecule has 1 aliphatic rings. The molecule has 0 atom stereocenters. The van der Waals surface area contributed by atoms with Crippen molar-refractivity contribution < 1.29 is 9.59 Å². The second-order valence-corrected chi connectivity index (χ2v) is 5.38. The van der Waals surface area contributed by atoms with Gasteiger partial charge in [0.15, 0.2) is 10.3 Å². The number of carbonyl (C=O) groups is 2. The zero-order valence-electron chi connectivity index (χ0n) is 10.5. The van der Waals surface area contributed by atoms with Crippen molar-refractivity contribution in [3.05, 3.63) is 0 Å². The number of nitrogens with two attached hydrogens (primary N) is 1. The van der Waals surface area contributed by atoms with E-state index in [4.69, 9.17) is 23.4 Å². The summed E-state index contributed by atoms with van der Waals surface area (Å²) < 4.78 is 0. The van der Waals surface area contributed by atoms with E-state index in [0.717, 1.165) is 25.0 Å². The summed E-state index contributed by atoms with van der Waals surface area (Å²) >= 11 is 6.32. The van der Waals surface area contributed by atoms with Crippen LogP contribution in [-0.4, -0.2) is 51.2 Å². The predicted octanol–water partition coefficient (Wildman–Crippen LogP) is 0.947. The molecule has 3 N–H and O–H groups in total. The van der Waals surface area contributed by atoms with Gasteiger partial charge in [0.25, 0.3) is 0 Å². The van der Waals surface area contributed by atoms with Crippen molar-refractivity contribution in [1.82, 2.24) is 9.80 Å². The summed E-state index contributed by atoms with van der Waals surface area (Å²) in [5, 5.41) is 7.44. The third kappa shape index (κ3) is 5.07. The Hall–Kier alpha value is -0.670. The summed E-state index contributed by atoms with van der Waals surface area (Å²) in [6.45, 7) is 0.471. The average Bonchev–Trinajstić information content (AvgIpc) is 2.50. The molecule has 1 heterocycles. The van der Waals surface area contributed by atoms with E-state index in [0.29, 0.717) is 6.54 Å². The summed E-state index contributed by atoms with van der Waals surface area (Å²) in [6, 6.07) is 0. The van der Waals surface area contributed by atoms with Crippen LogP contribution in [0.3, 0.4) is 0 Å². The van der Waals surface area contributed by atoms with E-state index in [1.165, 1.54) is 28.6 Å². The number of amidine groups is 1. The molecular weight excluding hydrogens is 352 g/mol. The van der Waals surface area contributed by atoms with Crippen LogP contribution in [-0.2, 0) is 9.59 Å². The number of rotatable bonds is 6. The Morgan fingerprint density at radius 1 is 1.32 bits per heavy atom. The van der Waals surface area contributed by atoms with E-state index in [1.54, 1.807) is 0 Å². The molecule has 1 saturated heterocycles. The van der Waals surface area contributed by atoms with Crippen molar-refractivity contribution in [1.29, 1.82) is 5.41 Å². The Morgan fingerprint density at radius 2 is 1.95 bits per heavy atom. The lowest BCUT2D eigenvalue weighted by atomic mass is 10.2. The molecule has 0 saturated carbocycles. The zero-order valence-corrected chi connectivity index (χ0v) is 13.9. The summed E-state index contributed by atoms with van der Waals surface area (Å²) in [5.41, 5.74) is 5.21. The highest BCUT2D eigenvalue weighted by Gasteiger charge is 2.38. The number of thioether (sulfide) groups is 1. The van der Waals surface area contributed by atoms with Gasteiger partial charge in [0.2, 0.25) is 0 Å². The highest BCUT2D eigenvalue weighted by molar-refractivity contribution is 8.93. The van der Waals surface area contributed by atoms with E-state index in [-0.39, 0.29) is 27.3 Å². The minimum atomic E-state index is -0.563. The van der Waals surface area contributed by atoms with Gasteiger partial charge >= 0.3 is 11.8 Å². The Balaban J connectivity index is 0.00000324. The molecule has 1 rings (SSSR count). The fourth-order valence-electron chi connectivity index (χ4n) is 1.54. The number of nitrogens with zero attached hydrogens (tertiary/aromatic N) is 2. The lowest BCUT2D eigenvalue weighted by Crippen LogP contribution is -2.32. The zero-order chi connectivity index (χ0) is 13.7. The van der Waals surface area contributed by atoms with Crippen LogP contribution >= 0.6 is 41.0 Å². The molecule has 1 aliphatic heterocycles. The third-order valence-electron chi connectivity index (χ3n) is 2.53. The van der Waals surface area contributed by atoms with Crippen LogP contribution in [0.4, 0.5) is 0 Å². The molecule has 6 nitrogen and oxygen atoms in total. The van der Waals surface area contributed by atoms with E-state index in [1.807, 2.05) is 0 Å². The van der Waals surface area contributed by atoms with E-state index in [2.05, 4.69) is 0 Å². The topological polar surface area (TPSA) is 90.5 Å². The normalized spacial score (nSPS) is 14.9. The van der Waals surface area contributed by atoms with Crippen molar-refractivity contribution in [3.8, 4) is 0 Å².